The molecule has 1 saturated carbocycles. The van der Waals surface area contributed by atoms with Gasteiger partial charge in [0.1, 0.15) is 5.82 Å². The summed E-state index contributed by atoms with van der Waals surface area (Å²) in [6.45, 7) is 1.38. The molecule has 25 heavy (non-hydrogen) atoms. The Morgan fingerprint density at radius 1 is 1.24 bits per heavy atom. The highest BCUT2D eigenvalue weighted by Crippen LogP contribution is 2.36. The smallest absolute Gasteiger partial charge is 0.168 e. The second-order valence-electron chi connectivity index (χ2n) is 6.98. The van der Waals surface area contributed by atoms with Crippen LogP contribution in [0.3, 0.4) is 0 Å². The third-order valence-corrected chi connectivity index (χ3v) is 5.14. The minimum absolute atomic E-state index is 0.0296. The fourth-order valence-electron chi connectivity index (χ4n) is 3.85. The van der Waals surface area contributed by atoms with Gasteiger partial charge in [-0.2, -0.15) is 0 Å². The van der Waals surface area contributed by atoms with Crippen LogP contribution in [-0.2, 0) is 9.47 Å². The van der Waals surface area contributed by atoms with Crippen LogP contribution in [0.15, 0.2) is 36.9 Å². The molecule has 2 atom stereocenters. The summed E-state index contributed by atoms with van der Waals surface area (Å²) in [6, 6.07) is 3.98. The van der Waals surface area contributed by atoms with Gasteiger partial charge in [-0.05, 0) is 24.5 Å². The minimum atomic E-state index is -0.336. The largest absolute Gasteiger partial charge is 0.347 e. The highest BCUT2D eigenvalue weighted by Gasteiger charge is 2.41. The maximum absolute atomic E-state index is 6.34. The fraction of sp³-hybridized carbons (Fsp3) is 0.579. The van der Waals surface area contributed by atoms with E-state index in [4.69, 9.17) is 9.47 Å². The van der Waals surface area contributed by atoms with Crippen LogP contribution in [0.1, 0.15) is 56.0 Å². The van der Waals surface area contributed by atoms with Gasteiger partial charge in [-0.1, -0.05) is 18.9 Å². The van der Waals surface area contributed by atoms with Gasteiger partial charge in [0.05, 0.1) is 18.8 Å². The zero-order chi connectivity index (χ0) is 17.0. The molecule has 2 aromatic rings. The number of aromatic nitrogens is 3. The van der Waals surface area contributed by atoms with Crippen LogP contribution < -0.4 is 5.32 Å². The first-order valence-corrected chi connectivity index (χ1v) is 9.29. The Labute approximate surface area is 148 Å². The van der Waals surface area contributed by atoms with E-state index in [1.165, 1.54) is 25.7 Å². The molecule has 134 valence electrons. The highest BCUT2D eigenvalue weighted by molar-refractivity contribution is 5.21. The molecule has 1 spiro atoms. The number of H-pyrrole nitrogens is 1. The molecule has 1 aliphatic carbocycles. The normalized spacial score (nSPS) is 24.2. The van der Waals surface area contributed by atoms with Gasteiger partial charge in [0, 0.05) is 44.2 Å². The molecule has 0 bridgehead atoms. The Bertz CT molecular complexity index is 639. The van der Waals surface area contributed by atoms with Crippen molar-refractivity contribution < 1.29 is 9.47 Å². The second kappa shape index (κ2) is 7.64. The van der Waals surface area contributed by atoms with Gasteiger partial charge in [0.15, 0.2) is 5.79 Å². The summed E-state index contributed by atoms with van der Waals surface area (Å²) in [5.74, 6) is 0.549. The summed E-state index contributed by atoms with van der Waals surface area (Å²) in [5.41, 5.74) is 1.08. The summed E-state index contributed by atoms with van der Waals surface area (Å²) in [6.07, 6.45) is 14.4. The number of ether oxygens (including phenoxy) is 2. The van der Waals surface area contributed by atoms with E-state index in [2.05, 4.69) is 26.3 Å². The third kappa shape index (κ3) is 3.92. The number of nitrogens with one attached hydrogen (secondary N) is 2. The lowest BCUT2D eigenvalue weighted by Gasteiger charge is -2.27. The lowest BCUT2D eigenvalue weighted by atomic mass is 10.1. The SMILES string of the molecule is c1cncc(C(NCC2COC3(CCCCCC3)O2)c2ncc[nH]2)c1. The van der Waals surface area contributed by atoms with Crippen LogP contribution in [0.4, 0.5) is 0 Å². The van der Waals surface area contributed by atoms with Crippen molar-refractivity contribution in [3.63, 3.8) is 0 Å². The number of nitrogens with zero attached hydrogens (tertiary/aromatic N) is 2. The van der Waals surface area contributed by atoms with E-state index in [1.54, 1.807) is 12.4 Å². The predicted molar refractivity (Wildman–Crippen MR) is 93.9 cm³/mol. The summed E-state index contributed by atoms with van der Waals surface area (Å²) < 4.78 is 12.4. The molecule has 2 fully saturated rings. The molecule has 3 heterocycles. The number of aromatic amines is 1. The number of imidazole rings is 1. The Hall–Kier alpha value is -1.76. The first-order chi connectivity index (χ1) is 12.3. The predicted octanol–water partition coefficient (Wildman–Crippen LogP) is 2.95. The number of rotatable bonds is 5. The van der Waals surface area contributed by atoms with Crippen molar-refractivity contribution in [1.82, 2.24) is 20.3 Å². The molecule has 0 amide bonds. The molecule has 6 heteroatoms. The van der Waals surface area contributed by atoms with Gasteiger partial charge in [-0.15, -0.1) is 0 Å². The van der Waals surface area contributed by atoms with E-state index < -0.39 is 0 Å². The van der Waals surface area contributed by atoms with Crippen LogP contribution in [0.5, 0.6) is 0 Å². The monoisotopic (exact) mass is 342 g/mol. The zero-order valence-corrected chi connectivity index (χ0v) is 14.5. The van der Waals surface area contributed by atoms with Gasteiger partial charge in [-0.3, -0.25) is 4.98 Å². The average molecular weight is 342 g/mol. The van der Waals surface area contributed by atoms with Crippen molar-refractivity contribution in [2.24, 2.45) is 0 Å². The van der Waals surface area contributed by atoms with Gasteiger partial charge in [0.2, 0.25) is 0 Å². The van der Waals surface area contributed by atoms with Gasteiger partial charge in [0.25, 0.3) is 0 Å². The first kappa shape index (κ1) is 16.7. The molecule has 6 nitrogen and oxygen atoms in total. The lowest BCUT2D eigenvalue weighted by molar-refractivity contribution is -0.175. The number of pyridine rings is 1. The zero-order valence-electron chi connectivity index (χ0n) is 14.5. The third-order valence-electron chi connectivity index (χ3n) is 5.14. The number of hydrogen-bond donors (Lipinski definition) is 2. The molecule has 2 aromatic heterocycles. The molecule has 1 saturated heterocycles. The van der Waals surface area contributed by atoms with E-state index in [9.17, 15) is 0 Å². The quantitative estimate of drug-likeness (QED) is 0.874. The summed E-state index contributed by atoms with van der Waals surface area (Å²) in [5, 5.41) is 3.58. The van der Waals surface area contributed by atoms with Crippen molar-refractivity contribution in [3.8, 4) is 0 Å². The van der Waals surface area contributed by atoms with Gasteiger partial charge < -0.3 is 19.8 Å². The second-order valence-corrected chi connectivity index (χ2v) is 6.98. The molecule has 2 aliphatic rings. The molecule has 4 rings (SSSR count). The summed E-state index contributed by atoms with van der Waals surface area (Å²) in [7, 11) is 0. The van der Waals surface area contributed by atoms with Crippen molar-refractivity contribution in [2.75, 3.05) is 13.2 Å². The van der Waals surface area contributed by atoms with E-state index in [-0.39, 0.29) is 17.9 Å². The molecule has 1 aliphatic heterocycles. The molecular weight excluding hydrogens is 316 g/mol. The van der Waals surface area contributed by atoms with E-state index in [1.807, 2.05) is 18.5 Å². The highest BCUT2D eigenvalue weighted by atomic mass is 16.7. The molecular formula is C19H26N4O2. The maximum Gasteiger partial charge on any atom is 0.168 e. The van der Waals surface area contributed by atoms with Crippen molar-refractivity contribution in [2.45, 2.75) is 56.5 Å². The standard InChI is InChI=1S/C19H26N4O2/c1-2-4-8-19(7-3-1)24-14-16(25-19)13-23-17(18-21-10-11-22-18)15-6-5-9-20-12-15/h5-6,9-12,16-17,23H,1-4,7-8,13-14H2,(H,21,22). The summed E-state index contributed by atoms with van der Waals surface area (Å²) >= 11 is 0. The average Bonchev–Trinajstić information content (AvgIpc) is 3.24. The van der Waals surface area contributed by atoms with Crippen LogP contribution in [0.2, 0.25) is 0 Å². The van der Waals surface area contributed by atoms with E-state index >= 15 is 0 Å². The first-order valence-electron chi connectivity index (χ1n) is 9.29. The Morgan fingerprint density at radius 2 is 2.12 bits per heavy atom. The van der Waals surface area contributed by atoms with Crippen LogP contribution in [0.25, 0.3) is 0 Å². The maximum atomic E-state index is 6.34. The lowest BCUT2D eigenvalue weighted by Crippen LogP contribution is -2.35. The van der Waals surface area contributed by atoms with Crippen LogP contribution in [0, 0.1) is 0 Å². The molecule has 2 N–H and O–H groups in total. The van der Waals surface area contributed by atoms with Crippen LogP contribution in [-0.4, -0.2) is 40.0 Å². The molecule has 0 radical (unpaired) electrons. The molecule has 2 unspecified atom stereocenters. The van der Waals surface area contributed by atoms with Crippen LogP contribution >= 0.6 is 0 Å². The summed E-state index contributed by atoms with van der Waals surface area (Å²) in [4.78, 5) is 11.9. The molecule has 0 aromatic carbocycles. The van der Waals surface area contributed by atoms with Crippen molar-refractivity contribution >= 4 is 0 Å². The Morgan fingerprint density at radius 3 is 2.84 bits per heavy atom. The van der Waals surface area contributed by atoms with Gasteiger partial charge in [-0.25, -0.2) is 4.98 Å². The minimum Gasteiger partial charge on any atom is -0.347 e. The van der Waals surface area contributed by atoms with E-state index in [0.29, 0.717) is 6.61 Å². The van der Waals surface area contributed by atoms with E-state index in [0.717, 1.165) is 30.8 Å². The van der Waals surface area contributed by atoms with Crippen molar-refractivity contribution in [1.29, 1.82) is 0 Å². The Kier molecular flexibility index (Phi) is 5.10. The fourth-order valence-corrected chi connectivity index (χ4v) is 3.85. The van der Waals surface area contributed by atoms with Gasteiger partial charge >= 0.3 is 0 Å². The number of hydrogen-bond acceptors (Lipinski definition) is 5. The van der Waals surface area contributed by atoms with Crippen molar-refractivity contribution in [3.05, 3.63) is 48.3 Å². The topological polar surface area (TPSA) is 72.1 Å². The Balaban J connectivity index is 1.40.